The van der Waals surface area contributed by atoms with E-state index in [4.69, 9.17) is 4.74 Å². The number of carbonyl (C=O) groups excluding carboxylic acids is 2. The Bertz CT molecular complexity index is 642. The van der Waals surface area contributed by atoms with Gasteiger partial charge in [-0.05, 0) is 37.5 Å². The SMILES string of the molecule is COc1cccc(C2CN(C(=O)CC(C)C)CC2C(=O)N(C)C(C)C)c1. The molecule has 2 amide bonds. The molecule has 1 heterocycles. The number of carbonyl (C=O) groups is 2. The third kappa shape index (κ3) is 4.57. The first-order chi connectivity index (χ1) is 12.2. The monoisotopic (exact) mass is 360 g/mol. The Morgan fingerprint density at radius 3 is 2.50 bits per heavy atom. The van der Waals surface area contributed by atoms with Crippen LogP contribution in [-0.4, -0.2) is 54.9 Å². The van der Waals surface area contributed by atoms with Crippen molar-refractivity contribution in [1.29, 1.82) is 0 Å². The summed E-state index contributed by atoms with van der Waals surface area (Å²) in [6.07, 6.45) is 0.520. The first kappa shape index (κ1) is 20.3. The zero-order valence-corrected chi connectivity index (χ0v) is 16.9. The number of methoxy groups -OCH3 is 1. The molecule has 26 heavy (non-hydrogen) atoms. The van der Waals surface area contributed by atoms with Crippen molar-refractivity contribution >= 4 is 11.8 Å². The molecule has 1 aliphatic rings. The lowest BCUT2D eigenvalue weighted by Crippen LogP contribution is -2.40. The number of nitrogens with zero attached hydrogens (tertiary/aromatic N) is 2. The van der Waals surface area contributed by atoms with E-state index in [9.17, 15) is 9.59 Å². The van der Waals surface area contributed by atoms with Gasteiger partial charge < -0.3 is 14.5 Å². The number of hydrogen-bond acceptors (Lipinski definition) is 3. The van der Waals surface area contributed by atoms with E-state index in [2.05, 4.69) is 0 Å². The van der Waals surface area contributed by atoms with Gasteiger partial charge in [-0.1, -0.05) is 26.0 Å². The van der Waals surface area contributed by atoms with Gasteiger partial charge in [0.25, 0.3) is 0 Å². The van der Waals surface area contributed by atoms with E-state index in [0.29, 0.717) is 25.4 Å². The molecule has 5 nitrogen and oxygen atoms in total. The van der Waals surface area contributed by atoms with Gasteiger partial charge in [0.2, 0.25) is 11.8 Å². The van der Waals surface area contributed by atoms with Crippen molar-refractivity contribution in [3.05, 3.63) is 29.8 Å². The molecule has 0 bridgehead atoms. The van der Waals surface area contributed by atoms with Crippen molar-refractivity contribution in [1.82, 2.24) is 9.80 Å². The number of rotatable bonds is 6. The van der Waals surface area contributed by atoms with Gasteiger partial charge in [0.1, 0.15) is 5.75 Å². The number of benzene rings is 1. The summed E-state index contributed by atoms with van der Waals surface area (Å²) in [5.41, 5.74) is 1.06. The topological polar surface area (TPSA) is 49.9 Å². The Balaban J connectivity index is 2.30. The molecule has 0 aliphatic carbocycles. The van der Waals surface area contributed by atoms with Crippen molar-refractivity contribution in [3.8, 4) is 5.75 Å². The van der Waals surface area contributed by atoms with Crippen LogP contribution in [0.1, 0.15) is 45.6 Å². The highest BCUT2D eigenvalue weighted by atomic mass is 16.5. The van der Waals surface area contributed by atoms with E-state index in [1.165, 1.54) is 0 Å². The first-order valence-electron chi connectivity index (χ1n) is 9.43. The normalized spacial score (nSPS) is 19.9. The first-order valence-corrected chi connectivity index (χ1v) is 9.43. The van der Waals surface area contributed by atoms with Gasteiger partial charge in [-0.3, -0.25) is 9.59 Å². The van der Waals surface area contributed by atoms with Gasteiger partial charge in [-0.2, -0.15) is 0 Å². The molecule has 1 aromatic carbocycles. The van der Waals surface area contributed by atoms with Gasteiger partial charge in [-0.15, -0.1) is 0 Å². The van der Waals surface area contributed by atoms with E-state index < -0.39 is 0 Å². The van der Waals surface area contributed by atoms with Crippen LogP contribution >= 0.6 is 0 Å². The van der Waals surface area contributed by atoms with Gasteiger partial charge in [0.05, 0.1) is 13.0 Å². The predicted octanol–water partition coefficient (Wildman–Crippen LogP) is 3.15. The molecule has 0 N–H and O–H groups in total. The highest BCUT2D eigenvalue weighted by Crippen LogP contribution is 2.36. The lowest BCUT2D eigenvalue weighted by atomic mass is 9.87. The summed E-state index contributed by atoms with van der Waals surface area (Å²) in [6.45, 7) is 9.18. The highest BCUT2D eigenvalue weighted by Gasteiger charge is 2.41. The van der Waals surface area contributed by atoms with Crippen molar-refractivity contribution in [2.45, 2.75) is 46.1 Å². The van der Waals surface area contributed by atoms with Crippen LogP contribution in [0.4, 0.5) is 0 Å². The van der Waals surface area contributed by atoms with E-state index in [1.807, 2.05) is 63.9 Å². The lowest BCUT2D eigenvalue weighted by molar-refractivity contribution is -0.136. The summed E-state index contributed by atoms with van der Waals surface area (Å²) in [5.74, 6) is 1.10. The van der Waals surface area contributed by atoms with E-state index in [1.54, 1.807) is 12.0 Å². The fourth-order valence-corrected chi connectivity index (χ4v) is 3.46. The van der Waals surface area contributed by atoms with Crippen LogP contribution in [0.3, 0.4) is 0 Å². The Labute approximate surface area is 157 Å². The molecule has 144 valence electrons. The fraction of sp³-hybridized carbons (Fsp3) is 0.619. The van der Waals surface area contributed by atoms with Gasteiger partial charge in [0.15, 0.2) is 0 Å². The maximum Gasteiger partial charge on any atom is 0.228 e. The molecule has 2 atom stereocenters. The van der Waals surface area contributed by atoms with Gasteiger partial charge in [-0.25, -0.2) is 0 Å². The second-order valence-electron chi connectivity index (χ2n) is 7.93. The van der Waals surface area contributed by atoms with Crippen LogP contribution < -0.4 is 4.74 Å². The Hall–Kier alpha value is -2.04. The molecule has 0 spiro atoms. The van der Waals surface area contributed by atoms with Crippen molar-refractivity contribution in [3.63, 3.8) is 0 Å². The van der Waals surface area contributed by atoms with Gasteiger partial charge >= 0.3 is 0 Å². The number of likely N-dealkylation sites (tertiary alicyclic amines) is 1. The molecule has 0 aromatic heterocycles. The largest absolute Gasteiger partial charge is 0.497 e. The van der Waals surface area contributed by atoms with Crippen molar-refractivity contribution in [2.75, 3.05) is 27.2 Å². The average molecular weight is 360 g/mol. The highest BCUT2D eigenvalue weighted by molar-refractivity contribution is 5.83. The molecule has 1 aliphatic heterocycles. The van der Waals surface area contributed by atoms with Crippen LogP contribution in [0.15, 0.2) is 24.3 Å². The van der Waals surface area contributed by atoms with Crippen LogP contribution in [0.25, 0.3) is 0 Å². The molecule has 0 radical (unpaired) electrons. The van der Waals surface area contributed by atoms with E-state index in [0.717, 1.165) is 11.3 Å². The van der Waals surface area contributed by atoms with Crippen molar-refractivity contribution < 1.29 is 14.3 Å². The zero-order chi connectivity index (χ0) is 19.4. The Morgan fingerprint density at radius 2 is 1.92 bits per heavy atom. The molecule has 0 saturated carbocycles. The molecule has 5 heteroatoms. The molecule has 1 fully saturated rings. The number of ether oxygens (including phenoxy) is 1. The summed E-state index contributed by atoms with van der Waals surface area (Å²) >= 11 is 0. The summed E-state index contributed by atoms with van der Waals surface area (Å²) in [5, 5.41) is 0. The lowest BCUT2D eigenvalue weighted by Gasteiger charge is -2.27. The molecule has 2 rings (SSSR count). The van der Waals surface area contributed by atoms with E-state index in [-0.39, 0.29) is 29.7 Å². The maximum atomic E-state index is 13.1. The third-order valence-corrected chi connectivity index (χ3v) is 5.22. The molecular formula is C21H32N2O3. The summed E-state index contributed by atoms with van der Waals surface area (Å²) in [6, 6.07) is 7.99. The second kappa shape index (κ2) is 8.56. The van der Waals surface area contributed by atoms with Gasteiger partial charge in [0, 0.05) is 38.5 Å². The molecule has 1 saturated heterocycles. The smallest absolute Gasteiger partial charge is 0.228 e. The molecular weight excluding hydrogens is 328 g/mol. The molecule has 1 aromatic rings. The van der Waals surface area contributed by atoms with Crippen LogP contribution in [0.5, 0.6) is 5.75 Å². The second-order valence-corrected chi connectivity index (χ2v) is 7.93. The zero-order valence-electron chi connectivity index (χ0n) is 16.9. The minimum absolute atomic E-state index is 0.00471. The summed E-state index contributed by atoms with van der Waals surface area (Å²) in [7, 11) is 3.48. The molecule has 2 unspecified atom stereocenters. The predicted molar refractivity (Wildman–Crippen MR) is 103 cm³/mol. The minimum Gasteiger partial charge on any atom is -0.497 e. The minimum atomic E-state index is -0.217. The average Bonchev–Trinajstić information content (AvgIpc) is 3.05. The standard InChI is InChI=1S/C21H32N2O3/c1-14(2)10-20(24)23-12-18(16-8-7-9-17(11-16)26-6)19(13-23)21(25)22(5)15(3)4/h7-9,11,14-15,18-19H,10,12-13H2,1-6H3. The quantitative estimate of drug-likeness (QED) is 0.783. The summed E-state index contributed by atoms with van der Waals surface area (Å²) < 4.78 is 5.35. The Kier molecular flexibility index (Phi) is 6.68. The van der Waals surface area contributed by atoms with Crippen LogP contribution in [-0.2, 0) is 9.59 Å². The third-order valence-electron chi connectivity index (χ3n) is 5.22. The van der Waals surface area contributed by atoms with Crippen LogP contribution in [0, 0.1) is 11.8 Å². The van der Waals surface area contributed by atoms with E-state index >= 15 is 0 Å². The number of amides is 2. The van der Waals surface area contributed by atoms with Crippen LogP contribution in [0.2, 0.25) is 0 Å². The Morgan fingerprint density at radius 1 is 1.23 bits per heavy atom. The maximum absolute atomic E-state index is 13.1. The van der Waals surface area contributed by atoms with Crippen molar-refractivity contribution in [2.24, 2.45) is 11.8 Å². The summed E-state index contributed by atoms with van der Waals surface area (Å²) in [4.78, 5) is 29.3. The fourth-order valence-electron chi connectivity index (χ4n) is 3.46. The number of hydrogen-bond donors (Lipinski definition) is 0.